The number of anilines is 2. The van der Waals surface area contributed by atoms with Crippen molar-refractivity contribution in [3.63, 3.8) is 0 Å². The van der Waals surface area contributed by atoms with E-state index in [4.69, 9.17) is 0 Å². The van der Waals surface area contributed by atoms with Crippen molar-refractivity contribution in [3.05, 3.63) is 78.5 Å². The summed E-state index contributed by atoms with van der Waals surface area (Å²) in [4.78, 5) is 21.2. The topological polar surface area (TPSA) is 97.1 Å². The zero-order valence-electron chi connectivity index (χ0n) is 16.4. The molecule has 4 rings (SSSR count). The molecule has 0 aliphatic heterocycles. The molecule has 0 saturated carbocycles. The molecule has 0 unspecified atom stereocenters. The van der Waals surface area contributed by atoms with Gasteiger partial charge in [0, 0.05) is 29.8 Å². The van der Waals surface area contributed by atoms with Gasteiger partial charge in [0.15, 0.2) is 11.5 Å². The molecule has 3 heterocycles. The van der Waals surface area contributed by atoms with Crippen molar-refractivity contribution in [2.75, 3.05) is 17.3 Å². The number of amides is 1. The van der Waals surface area contributed by atoms with E-state index in [0.29, 0.717) is 11.5 Å². The molecular formula is C21H21N7OS. The first-order valence-electron chi connectivity index (χ1n) is 9.48. The van der Waals surface area contributed by atoms with Gasteiger partial charge in [-0.05, 0) is 60.9 Å². The molecule has 3 aromatic heterocycles. The Morgan fingerprint density at radius 3 is 2.63 bits per heavy atom. The summed E-state index contributed by atoms with van der Waals surface area (Å²) in [6.45, 7) is 0. The van der Waals surface area contributed by atoms with Gasteiger partial charge >= 0.3 is 0 Å². The Labute approximate surface area is 178 Å². The highest BCUT2D eigenvalue weighted by atomic mass is 32.2. The highest BCUT2D eigenvalue weighted by Gasteiger charge is 2.20. The first-order chi connectivity index (χ1) is 14.7. The average Bonchev–Trinajstić information content (AvgIpc) is 3.22. The summed E-state index contributed by atoms with van der Waals surface area (Å²) in [5.41, 5.74) is 2.13. The van der Waals surface area contributed by atoms with Crippen LogP contribution in [0.15, 0.2) is 67.1 Å². The number of thioether (sulfide) groups is 1. The lowest BCUT2D eigenvalue weighted by Crippen LogP contribution is -2.30. The molecule has 0 aliphatic rings. The molecule has 0 radical (unpaired) electrons. The highest BCUT2D eigenvalue weighted by molar-refractivity contribution is 7.98. The van der Waals surface area contributed by atoms with Crippen LogP contribution in [0.4, 0.5) is 11.6 Å². The van der Waals surface area contributed by atoms with Gasteiger partial charge in [-0.25, -0.2) is 9.97 Å². The van der Waals surface area contributed by atoms with E-state index < -0.39 is 0 Å². The summed E-state index contributed by atoms with van der Waals surface area (Å²) in [6, 6.07) is 14.5. The third-order valence-corrected chi connectivity index (χ3v) is 5.18. The molecule has 0 fully saturated rings. The number of fused-ring (bicyclic) bond motifs is 1. The van der Waals surface area contributed by atoms with Crippen LogP contribution < -0.4 is 10.6 Å². The normalized spacial score (nSPS) is 11.9. The molecular weight excluding hydrogens is 398 g/mol. The molecule has 0 spiro atoms. The second-order valence-electron chi connectivity index (χ2n) is 6.57. The van der Waals surface area contributed by atoms with Crippen molar-refractivity contribution in [1.29, 1.82) is 0 Å². The number of aromatic nitrogens is 5. The fraction of sp³-hybridized carbons (Fsp3) is 0.190. The van der Waals surface area contributed by atoms with Crippen LogP contribution in [0.1, 0.15) is 28.6 Å². The number of nitrogens with zero attached hydrogens (tertiary/aromatic N) is 5. The third-order valence-electron chi connectivity index (χ3n) is 4.54. The molecule has 0 aliphatic carbocycles. The van der Waals surface area contributed by atoms with Crippen LogP contribution >= 0.6 is 11.8 Å². The third kappa shape index (κ3) is 4.57. The molecule has 2 N–H and O–H groups in total. The Kier molecular flexibility index (Phi) is 6.19. The van der Waals surface area contributed by atoms with Gasteiger partial charge in [-0.1, -0.05) is 6.07 Å². The van der Waals surface area contributed by atoms with Crippen LogP contribution in [-0.2, 0) is 0 Å². The van der Waals surface area contributed by atoms with E-state index in [2.05, 4.69) is 30.8 Å². The van der Waals surface area contributed by atoms with Crippen molar-refractivity contribution < 1.29 is 4.79 Å². The molecule has 4 aromatic rings. The molecule has 1 atom stereocenters. The van der Waals surface area contributed by atoms with Crippen LogP contribution in [0.5, 0.6) is 0 Å². The van der Waals surface area contributed by atoms with Crippen molar-refractivity contribution in [3.8, 4) is 0 Å². The van der Waals surface area contributed by atoms with E-state index in [9.17, 15) is 4.79 Å². The smallest absolute Gasteiger partial charge is 0.251 e. The van der Waals surface area contributed by atoms with Crippen LogP contribution in [0.25, 0.3) is 5.65 Å². The van der Waals surface area contributed by atoms with Crippen molar-refractivity contribution >= 4 is 35.0 Å². The summed E-state index contributed by atoms with van der Waals surface area (Å²) >= 11 is 1.73. The molecule has 1 aromatic carbocycles. The first kappa shape index (κ1) is 19.8. The van der Waals surface area contributed by atoms with Gasteiger partial charge in [0.1, 0.15) is 0 Å². The number of nitrogens with one attached hydrogen (secondary N) is 2. The lowest BCUT2D eigenvalue weighted by molar-refractivity contribution is 0.0934. The second kappa shape index (κ2) is 9.36. The zero-order chi connectivity index (χ0) is 20.8. The number of rotatable bonds is 8. The molecule has 1 amide bonds. The maximum atomic E-state index is 12.9. The maximum absolute atomic E-state index is 12.9. The number of carbonyl (C=O) groups excluding carboxylic acids is 1. The van der Waals surface area contributed by atoms with Crippen molar-refractivity contribution in [1.82, 2.24) is 29.9 Å². The summed E-state index contributed by atoms with van der Waals surface area (Å²) < 4.78 is 1.91. The van der Waals surface area contributed by atoms with Crippen molar-refractivity contribution in [2.24, 2.45) is 0 Å². The van der Waals surface area contributed by atoms with Crippen LogP contribution in [0.3, 0.4) is 0 Å². The number of benzene rings is 1. The second-order valence-corrected chi connectivity index (χ2v) is 7.55. The minimum atomic E-state index is -0.238. The SMILES string of the molecule is CSCC[C@H](NC(=O)c1ccc(Nc2ncccn2)cc1)c1nnc2ccccn12. The summed E-state index contributed by atoms with van der Waals surface area (Å²) in [7, 11) is 0. The van der Waals surface area contributed by atoms with Crippen LogP contribution in [0, 0.1) is 0 Å². The zero-order valence-corrected chi connectivity index (χ0v) is 17.2. The van der Waals surface area contributed by atoms with Gasteiger partial charge in [0.2, 0.25) is 5.95 Å². The maximum Gasteiger partial charge on any atom is 0.251 e. The first-order valence-corrected chi connectivity index (χ1v) is 10.9. The predicted molar refractivity (Wildman–Crippen MR) is 118 cm³/mol. The van der Waals surface area contributed by atoms with Gasteiger partial charge in [0.05, 0.1) is 6.04 Å². The fourth-order valence-corrected chi connectivity index (χ4v) is 3.51. The Hall–Kier alpha value is -3.46. The van der Waals surface area contributed by atoms with Crippen LogP contribution in [-0.4, -0.2) is 42.5 Å². The van der Waals surface area contributed by atoms with E-state index >= 15 is 0 Å². The molecule has 152 valence electrons. The van der Waals surface area contributed by atoms with E-state index in [0.717, 1.165) is 29.3 Å². The quantitative estimate of drug-likeness (QED) is 0.451. The van der Waals surface area contributed by atoms with Crippen molar-refractivity contribution in [2.45, 2.75) is 12.5 Å². The number of hydrogen-bond donors (Lipinski definition) is 2. The molecule has 0 saturated heterocycles. The van der Waals surface area contributed by atoms with Gasteiger partial charge < -0.3 is 10.6 Å². The largest absolute Gasteiger partial charge is 0.342 e. The molecule has 30 heavy (non-hydrogen) atoms. The van der Waals surface area contributed by atoms with Gasteiger partial charge in [-0.2, -0.15) is 11.8 Å². The minimum absolute atomic E-state index is 0.156. The van der Waals surface area contributed by atoms with Gasteiger partial charge in [-0.3, -0.25) is 9.20 Å². The standard InChI is InChI=1S/C21H21N7OS/c1-30-14-10-17(19-27-26-18-5-2-3-13-28(18)19)25-20(29)15-6-8-16(9-7-15)24-21-22-11-4-12-23-21/h2-9,11-13,17H,10,14H2,1H3,(H,25,29)(H,22,23,24)/t17-/m0/s1. The Bertz CT molecular complexity index is 1120. The summed E-state index contributed by atoms with van der Waals surface area (Å²) in [6.07, 6.45) is 8.05. The van der Waals surface area contributed by atoms with Gasteiger partial charge in [-0.15, -0.1) is 10.2 Å². The Morgan fingerprint density at radius 1 is 1.07 bits per heavy atom. The van der Waals surface area contributed by atoms with E-state index in [-0.39, 0.29) is 11.9 Å². The number of pyridine rings is 1. The number of carbonyl (C=O) groups is 1. The van der Waals surface area contributed by atoms with E-state index in [1.807, 2.05) is 47.2 Å². The Morgan fingerprint density at radius 2 is 1.87 bits per heavy atom. The van der Waals surface area contributed by atoms with Crippen LogP contribution in [0.2, 0.25) is 0 Å². The Balaban J connectivity index is 1.49. The fourth-order valence-electron chi connectivity index (χ4n) is 3.04. The predicted octanol–water partition coefficient (Wildman–Crippen LogP) is 3.49. The van der Waals surface area contributed by atoms with Gasteiger partial charge in [0.25, 0.3) is 5.91 Å². The lowest BCUT2D eigenvalue weighted by atomic mass is 10.1. The molecule has 0 bridgehead atoms. The summed E-state index contributed by atoms with van der Waals surface area (Å²) in [5, 5.41) is 14.7. The average molecular weight is 420 g/mol. The highest BCUT2D eigenvalue weighted by Crippen LogP contribution is 2.20. The summed E-state index contributed by atoms with van der Waals surface area (Å²) in [5.74, 6) is 1.97. The van der Waals surface area contributed by atoms with E-state index in [1.54, 1.807) is 42.4 Å². The van der Waals surface area contributed by atoms with E-state index in [1.165, 1.54) is 0 Å². The minimum Gasteiger partial charge on any atom is -0.342 e. The molecule has 9 heteroatoms. The monoisotopic (exact) mass is 419 g/mol. The molecule has 8 nitrogen and oxygen atoms in total. The number of hydrogen-bond acceptors (Lipinski definition) is 7. The lowest BCUT2D eigenvalue weighted by Gasteiger charge is -2.17.